The van der Waals surface area contributed by atoms with Crippen molar-refractivity contribution in [3.8, 4) is 17.2 Å². The number of amides is 2. The number of hydrogen-bond acceptors (Lipinski definition) is 5. The standard InChI is InChI=1S/C24H24N4O4/c29-23(16-11-12-20-21(15-16)32-14-13-31-20)25-26-24(30)22-18-9-5-2-6-10-19(18)28(27-22)17-7-3-1-4-8-17/h1,3-4,7-8,11-12,15H,2,5-6,9-10,13-14H2,(H,25,29)(H,26,30). The van der Waals surface area contributed by atoms with E-state index < -0.39 is 11.8 Å². The maximum Gasteiger partial charge on any atom is 0.290 e. The monoisotopic (exact) mass is 432 g/mol. The van der Waals surface area contributed by atoms with Crippen molar-refractivity contribution in [2.45, 2.75) is 32.1 Å². The average molecular weight is 432 g/mol. The zero-order valence-electron chi connectivity index (χ0n) is 17.6. The van der Waals surface area contributed by atoms with Crippen LogP contribution < -0.4 is 20.3 Å². The number of ether oxygens (including phenoxy) is 2. The number of hydrazine groups is 1. The second-order valence-corrected chi connectivity index (χ2v) is 7.85. The van der Waals surface area contributed by atoms with Crippen LogP contribution in [0.2, 0.25) is 0 Å². The van der Waals surface area contributed by atoms with Crippen molar-refractivity contribution in [1.29, 1.82) is 0 Å². The Morgan fingerprint density at radius 3 is 2.44 bits per heavy atom. The van der Waals surface area contributed by atoms with Gasteiger partial charge in [0.25, 0.3) is 11.8 Å². The van der Waals surface area contributed by atoms with E-state index in [1.165, 1.54) is 0 Å². The molecule has 32 heavy (non-hydrogen) atoms. The third kappa shape index (κ3) is 3.91. The maximum absolute atomic E-state index is 13.0. The Hall–Kier alpha value is -3.81. The molecule has 8 heteroatoms. The number of carbonyl (C=O) groups is 2. The highest BCUT2D eigenvalue weighted by atomic mass is 16.6. The summed E-state index contributed by atoms with van der Waals surface area (Å²) in [7, 11) is 0. The Kier molecular flexibility index (Phi) is 5.49. The minimum absolute atomic E-state index is 0.355. The molecule has 164 valence electrons. The van der Waals surface area contributed by atoms with Crippen LogP contribution >= 0.6 is 0 Å². The van der Waals surface area contributed by atoms with Gasteiger partial charge < -0.3 is 9.47 Å². The molecule has 0 saturated heterocycles. The van der Waals surface area contributed by atoms with Crippen LogP contribution in [0.5, 0.6) is 11.5 Å². The SMILES string of the molecule is O=C(NNC(=O)c1nn(-c2ccccc2)c2c1CCCCC2)c1ccc2c(c1)OCCO2. The zero-order valence-corrected chi connectivity index (χ0v) is 17.6. The van der Waals surface area contributed by atoms with Crippen LogP contribution in [-0.2, 0) is 12.8 Å². The summed E-state index contributed by atoms with van der Waals surface area (Å²) >= 11 is 0. The number of nitrogens with one attached hydrogen (secondary N) is 2. The Morgan fingerprint density at radius 1 is 0.844 bits per heavy atom. The number of para-hydroxylation sites is 1. The van der Waals surface area contributed by atoms with Gasteiger partial charge in [-0.2, -0.15) is 5.10 Å². The fraction of sp³-hybridized carbons (Fsp3) is 0.292. The molecular formula is C24H24N4O4. The van der Waals surface area contributed by atoms with E-state index in [0.29, 0.717) is 36.0 Å². The van der Waals surface area contributed by atoms with Gasteiger partial charge in [0.1, 0.15) is 13.2 Å². The van der Waals surface area contributed by atoms with Gasteiger partial charge in [0, 0.05) is 16.8 Å². The molecule has 0 radical (unpaired) electrons. The summed E-state index contributed by atoms with van der Waals surface area (Å²) in [6.45, 7) is 0.915. The van der Waals surface area contributed by atoms with E-state index in [-0.39, 0.29) is 0 Å². The predicted molar refractivity (Wildman–Crippen MR) is 117 cm³/mol. The Balaban J connectivity index is 1.35. The lowest BCUT2D eigenvalue weighted by molar-refractivity contribution is 0.0842. The average Bonchev–Trinajstić information content (AvgIpc) is 3.03. The number of aromatic nitrogens is 2. The second-order valence-electron chi connectivity index (χ2n) is 7.85. The molecule has 1 aliphatic carbocycles. The van der Waals surface area contributed by atoms with Crippen LogP contribution in [-0.4, -0.2) is 34.8 Å². The number of fused-ring (bicyclic) bond motifs is 2. The highest BCUT2D eigenvalue weighted by Crippen LogP contribution is 2.30. The van der Waals surface area contributed by atoms with E-state index in [1.54, 1.807) is 18.2 Å². The summed E-state index contributed by atoms with van der Waals surface area (Å²) in [5.41, 5.74) is 8.68. The van der Waals surface area contributed by atoms with Crippen molar-refractivity contribution in [3.63, 3.8) is 0 Å². The summed E-state index contributed by atoms with van der Waals surface area (Å²) in [4.78, 5) is 25.6. The lowest BCUT2D eigenvalue weighted by Gasteiger charge is -2.18. The molecule has 0 bridgehead atoms. The Labute approximate surface area is 185 Å². The molecule has 1 aliphatic heterocycles. The lowest BCUT2D eigenvalue weighted by atomic mass is 10.1. The van der Waals surface area contributed by atoms with Crippen LogP contribution in [0.15, 0.2) is 48.5 Å². The normalized spacial score (nSPS) is 14.8. The van der Waals surface area contributed by atoms with Crippen molar-refractivity contribution in [3.05, 3.63) is 71.0 Å². The molecule has 2 N–H and O–H groups in total. The van der Waals surface area contributed by atoms with Crippen molar-refractivity contribution < 1.29 is 19.1 Å². The van der Waals surface area contributed by atoms with Gasteiger partial charge in [0.15, 0.2) is 17.2 Å². The van der Waals surface area contributed by atoms with E-state index in [1.807, 2.05) is 35.0 Å². The van der Waals surface area contributed by atoms with Gasteiger partial charge in [-0.3, -0.25) is 20.4 Å². The molecule has 2 aromatic carbocycles. The maximum atomic E-state index is 13.0. The van der Waals surface area contributed by atoms with Crippen LogP contribution in [0.3, 0.4) is 0 Å². The first-order valence-electron chi connectivity index (χ1n) is 10.9. The van der Waals surface area contributed by atoms with Gasteiger partial charge >= 0.3 is 0 Å². The minimum Gasteiger partial charge on any atom is -0.486 e. The smallest absolute Gasteiger partial charge is 0.290 e. The molecule has 0 spiro atoms. The molecule has 0 fully saturated rings. The van der Waals surface area contributed by atoms with Crippen molar-refractivity contribution in [1.82, 2.24) is 20.6 Å². The molecular weight excluding hydrogens is 408 g/mol. The second kappa shape index (κ2) is 8.74. The molecule has 3 aromatic rings. The molecule has 1 aromatic heterocycles. The molecule has 8 nitrogen and oxygen atoms in total. The Morgan fingerprint density at radius 2 is 1.59 bits per heavy atom. The summed E-state index contributed by atoms with van der Waals surface area (Å²) in [5, 5.41) is 4.63. The van der Waals surface area contributed by atoms with Gasteiger partial charge in [0.2, 0.25) is 0 Å². The third-order valence-electron chi connectivity index (χ3n) is 5.74. The van der Waals surface area contributed by atoms with Crippen molar-refractivity contribution in [2.24, 2.45) is 0 Å². The first-order chi connectivity index (χ1) is 15.7. The highest BCUT2D eigenvalue weighted by Gasteiger charge is 2.25. The fourth-order valence-electron chi connectivity index (χ4n) is 4.17. The van der Waals surface area contributed by atoms with Crippen LogP contribution in [0.25, 0.3) is 5.69 Å². The molecule has 2 amide bonds. The molecule has 0 atom stereocenters. The van der Waals surface area contributed by atoms with Crippen molar-refractivity contribution in [2.75, 3.05) is 13.2 Å². The number of hydrogen-bond donors (Lipinski definition) is 2. The summed E-state index contributed by atoms with van der Waals surface area (Å²) in [6.07, 6.45) is 4.85. The first-order valence-corrected chi connectivity index (χ1v) is 10.9. The van der Waals surface area contributed by atoms with E-state index in [2.05, 4.69) is 16.0 Å². The topological polar surface area (TPSA) is 94.5 Å². The number of nitrogens with zero attached hydrogens (tertiary/aromatic N) is 2. The predicted octanol–water partition coefficient (Wildman–Crippen LogP) is 2.99. The lowest BCUT2D eigenvalue weighted by Crippen LogP contribution is -2.42. The first kappa shape index (κ1) is 20.1. The van der Waals surface area contributed by atoms with Gasteiger partial charge in [-0.15, -0.1) is 0 Å². The molecule has 0 saturated carbocycles. The van der Waals surface area contributed by atoms with E-state index in [4.69, 9.17) is 9.47 Å². The Bertz CT molecular complexity index is 1160. The van der Waals surface area contributed by atoms with E-state index in [0.717, 1.165) is 49.0 Å². The van der Waals surface area contributed by atoms with Gasteiger partial charge in [-0.1, -0.05) is 24.6 Å². The zero-order chi connectivity index (χ0) is 21.9. The minimum atomic E-state index is -0.441. The van der Waals surface area contributed by atoms with Gasteiger partial charge in [-0.05, 0) is 56.0 Å². The highest BCUT2D eigenvalue weighted by molar-refractivity contribution is 5.99. The molecule has 2 heterocycles. The molecule has 2 aliphatic rings. The molecule has 0 unspecified atom stereocenters. The van der Waals surface area contributed by atoms with Crippen LogP contribution in [0.1, 0.15) is 51.4 Å². The third-order valence-corrected chi connectivity index (χ3v) is 5.74. The number of benzene rings is 2. The quantitative estimate of drug-likeness (QED) is 0.490. The number of rotatable bonds is 3. The fourth-order valence-corrected chi connectivity index (χ4v) is 4.17. The number of carbonyl (C=O) groups excluding carboxylic acids is 2. The van der Waals surface area contributed by atoms with Gasteiger partial charge in [0.05, 0.1) is 5.69 Å². The summed E-state index contributed by atoms with van der Waals surface area (Å²) in [6, 6.07) is 14.7. The largest absolute Gasteiger partial charge is 0.486 e. The van der Waals surface area contributed by atoms with Crippen LogP contribution in [0, 0.1) is 0 Å². The van der Waals surface area contributed by atoms with Gasteiger partial charge in [-0.25, -0.2) is 4.68 Å². The van der Waals surface area contributed by atoms with E-state index >= 15 is 0 Å². The summed E-state index contributed by atoms with van der Waals surface area (Å²) < 4.78 is 12.9. The molecule has 5 rings (SSSR count). The van der Waals surface area contributed by atoms with Crippen molar-refractivity contribution >= 4 is 11.8 Å². The van der Waals surface area contributed by atoms with E-state index in [9.17, 15) is 9.59 Å². The van der Waals surface area contributed by atoms with Crippen LogP contribution in [0.4, 0.5) is 0 Å². The summed E-state index contributed by atoms with van der Waals surface area (Å²) in [5.74, 6) is 0.251.